The molecule has 6 nitrogen and oxygen atoms in total. The maximum Gasteiger partial charge on any atom is 0.289 e. The first-order chi connectivity index (χ1) is 13.0. The zero-order valence-electron chi connectivity index (χ0n) is 16.1. The van der Waals surface area contributed by atoms with Gasteiger partial charge in [-0.05, 0) is 38.0 Å². The van der Waals surface area contributed by atoms with Crippen LogP contribution in [0, 0.1) is 12.8 Å². The number of aryl methyl sites for hydroxylation is 1. The molecule has 1 saturated heterocycles. The Labute approximate surface area is 159 Å². The number of likely N-dealkylation sites (tertiary alicyclic amines) is 1. The van der Waals surface area contributed by atoms with Gasteiger partial charge in [-0.25, -0.2) is 0 Å². The molecule has 6 heteroatoms. The van der Waals surface area contributed by atoms with Gasteiger partial charge >= 0.3 is 0 Å². The minimum Gasteiger partial charge on any atom is -0.496 e. The van der Waals surface area contributed by atoms with E-state index >= 15 is 0 Å². The van der Waals surface area contributed by atoms with Crippen molar-refractivity contribution in [1.82, 2.24) is 9.80 Å². The van der Waals surface area contributed by atoms with E-state index in [0.717, 1.165) is 16.9 Å². The molecule has 2 heterocycles. The molecule has 0 atom stereocenters. The number of hydrogen-bond acceptors (Lipinski definition) is 4. The number of carbonyl (C=O) groups is 2. The molecular formula is C21H26N2O4. The van der Waals surface area contributed by atoms with E-state index in [1.807, 2.05) is 32.2 Å². The second-order valence-electron chi connectivity index (χ2n) is 7.05. The van der Waals surface area contributed by atoms with E-state index in [1.165, 1.54) is 6.26 Å². The fourth-order valence-electron chi connectivity index (χ4n) is 3.56. The lowest BCUT2D eigenvalue weighted by Gasteiger charge is -2.33. The molecule has 0 unspecified atom stereocenters. The topological polar surface area (TPSA) is 63.0 Å². The molecule has 0 N–H and O–H groups in total. The Balaban J connectivity index is 1.57. The van der Waals surface area contributed by atoms with Gasteiger partial charge < -0.3 is 19.0 Å². The Morgan fingerprint density at radius 1 is 1.26 bits per heavy atom. The third kappa shape index (κ3) is 4.32. The molecule has 0 bridgehead atoms. The maximum atomic E-state index is 12.9. The lowest BCUT2D eigenvalue weighted by molar-refractivity contribution is -0.136. The average Bonchev–Trinajstić information content (AvgIpc) is 3.22. The van der Waals surface area contributed by atoms with Crippen molar-refractivity contribution in [2.75, 3.05) is 27.2 Å². The number of amides is 2. The van der Waals surface area contributed by atoms with Crippen molar-refractivity contribution in [3.05, 3.63) is 53.5 Å². The van der Waals surface area contributed by atoms with E-state index in [-0.39, 0.29) is 17.7 Å². The largest absolute Gasteiger partial charge is 0.496 e. The number of furan rings is 1. The first-order valence-electron chi connectivity index (χ1n) is 9.21. The van der Waals surface area contributed by atoms with Crippen LogP contribution in [0.1, 0.15) is 34.5 Å². The second-order valence-corrected chi connectivity index (χ2v) is 7.05. The summed E-state index contributed by atoms with van der Waals surface area (Å²) in [7, 11) is 3.46. The van der Waals surface area contributed by atoms with Crippen molar-refractivity contribution in [2.45, 2.75) is 26.3 Å². The maximum absolute atomic E-state index is 12.9. The molecule has 144 valence electrons. The van der Waals surface area contributed by atoms with Crippen LogP contribution in [-0.2, 0) is 11.3 Å². The van der Waals surface area contributed by atoms with E-state index in [0.29, 0.717) is 38.2 Å². The molecule has 1 aromatic heterocycles. The van der Waals surface area contributed by atoms with Crippen LogP contribution in [0.15, 0.2) is 41.0 Å². The van der Waals surface area contributed by atoms with Gasteiger partial charge in [-0.15, -0.1) is 0 Å². The minimum atomic E-state index is -0.108. The highest BCUT2D eigenvalue weighted by atomic mass is 16.5. The smallest absolute Gasteiger partial charge is 0.289 e. The molecule has 27 heavy (non-hydrogen) atoms. The number of hydrogen-bond donors (Lipinski definition) is 0. The third-order valence-corrected chi connectivity index (χ3v) is 5.08. The Morgan fingerprint density at radius 2 is 2.00 bits per heavy atom. The highest BCUT2D eigenvalue weighted by molar-refractivity contribution is 5.91. The number of ether oxygens (including phenoxy) is 1. The second kappa shape index (κ2) is 8.29. The molecule has 1 aliphatic heterocycles. The van der Waals surface area contributed by atoms with Gasteiger partial charge in [0.15, 0.2) is 5.76 Å². The number of methoxy groups -OCH3 is 1. The van der Waals surface area contributed by atoms with Crippen molar-refractivity contribution in [2.24, 2.45) is 5.92 Å². The van der Waals surface area contributed by atoms with Crippen LogP contribution in [0.2, 0.25) is 0 Å². The van der Waals surface area contributed by atoms with Crippen LogP contribution in [0.4, 0.5) is 0 Å². The standard InChI is InChI=1S/C21H26N2O4/c1-15-6-7-18(26-3)17(13-15)14-22(2)20(24)16-8-10-23(11-9-16)21(25)19-5-4-12-27-19/h4-7,12-13,16H,8-11,14H2,1-3H3. The third-order valence-electron chi connectivity index (χ3n) is 5.08. The SMILES string of the molecule is COc1ccc(C)cc1CN(C)C(=O)C1CCN(C(=O)c2ccco2)CC1. The first-order valence-corrected chi connectivity index (χ1v) is 9.21. The summed E-state index contributed by atoms with van der Waals surface area (Å²) < 4.78 is 10.6. The number of rotatable bonds is 5. The molecule has 1 aromatic carbocycles. The lowest BCUT2D eigenvalue weighted by Crippen LogP contribution is -2.43. The summed E-state index contributed by atoms with van der Waals surface area (Å²) in [4.78, 5) is 28.7. The highest BCUT2D eigenvalue weighted by Crippen LogP contribution is 2.24. The van der Waals surface area contributed by atoms with E-state index in [1.54, 1.807) is 29.0 Å². The number of benzene rings is 1. The average molecular weight is 370 g/mol. The quantitative estimate of drug-likeness (QED) is 0.811. The normalized spacial score (nSPS) is 14.9. The van der Waals surface area contributed by atoms with Gasteiger partial charge in [0.05, 0.1) is 13.4 Å². The predicted molar refractivity (Wildman–Crippen MR) is 102 cm³/mol. The Kier molecular flexibility index (Phi) is 5.84. The van der Waals surface area contributed by atoms with Gasteiger partial charge in [-0.2, -0.15) is 0 Å². The minimum absolute atomic E-state index is 0.0635. The fourth-order valence-corrected chi connectivity index (χ4v) is 3.56. The van der Waals surface area contributed by atoms with Gasteiger partial charge in [0.2, 0.25) is 5.91 Å². The van der Waals surface area contributed by atoms with Crippen LogP contribution in [0.25, 0.3) is 0 Å². The molecule has 2 amide bonds. The van der Waals surface area contributed by atoms with Crippen molar-refractivity contribution < 1.29 is 18.7 Å². The fraction of sp³-hybridized carbons (Fsp3) is 0.429. The van der Waals surface area contributed by atoms with Crippen molar-refractivity contribution in [3.63, 3.8) is 0 Å². The number of nitrogens with zero attached hydrogens (tertiary/aromatic N) is 2. The summed E-state index contributed by atoms with van der Waals surface area (Å²) in [6, 6.07) is 9.35. The van der Waals surface area contributed by atoms with Crippen LogP contribution in [-0.4, -0.2) is 48.9 Å². The lowest BCUT2D eigenvalue weighted by atomic mass is 9.95. The van der Waals surface area contributed by atoms with Crippen molar-refractivity contribution in [3.8, 4) is 5.75 Å². The zero-order chi connectivity index (χ0) is 19.4. The highest BCUT2D eigenvalue weighted by Gasteiger charge is 2.30. The summed E-state index contributed by atoms with van der Waals surface area (Å²) in [5.74, 6) is 1.08. The molecular weight excluding hydrogens is 344 g/mol. The van der Waals surface area contributed by atoms with E-state index < -0.39 is 0 Å². The Hall–Kier alpha value is -2.76. The first kappa shape index (κ1) is 19.0. The summed E-state index contributed by atoms with van der Waals surface area (Å²) in [5.41, 5.74) is 2.13. The van der Waals surface area contributed by atoms with E-state index in [4.69, 9.17) is 9.15 Å². The molecule has 0 saturated carbocycles. The monoisotopic (exact) mass is 370 g/mol. The summed E-state index contributed by atoms with van der Waals surface area (Å²) in [6.07, 6.45) is 2.83. The van der Waals surface area contributed by atoms with E-state index in [9.17, 15) is 9.59 Å². The van der Waals surface area contributed by atoms with Gasteiger partial charge in [0.25, 0.3) is 5.91 Å². The van der Waals surface area contributed by atoms with Crippen LogP contribution >= 0.6 is 0 Å². The van der Waals surface area contributed by atoms with Crippen molar-refractivity contribution >= 4 is 11.8 Å². The van der Waals surface area contributed by atoms with Crippen LogP contribution in [0.3, 0.4) is 0 Å². The zero-order valence-corrected chi connectivity index (χ0v) is 16.1. The van der Waals surface area contributed by atoms with Gasteiger partial charge in [-0.1, -0.05) is 17.7 Å². The Bertz CT molecular complexity index is 793. The summed E-state index contributed by atoms with van der Waals surface area (Å²) in [5, 5.41) is 0. The summed E-state index contributed by atoms with van der Waals surface area (Å²) in [6.45, 7) is 3.67. The molecule has 3 rings (SSSR count). The molecule has 1 aliphatic rings. The van der Waals surface area contributed by atoms with E-state index in [2.05, 4.69) is 0 Å². The van der Waals surface area contributed by atoms with Crippen LogP contribution < -0.4 is 4.74 Å². The Morgan fingerprint density at radius 3 is 2.63 bits per heavy atom. The molecule has 0 spiro atoms. The number of piperidine rings is 1. The number of carbonyl (C=O) groups excluding carboxylic acids is 2. The molecule has 0 radical (unpaired) electrons. The van der Waals surface area contributed by atoms with Crippen molar-refractivity contribution in [1.29, 1.82) is 0 Å². The summed E-state index contributed by atoms with van der Waals surface area (Å²) >= 11 is 0. The van der Waals surface area contributed by atoms with Crippen LogP contribution in [0.5, 0.6) is 5.75 Å². The predicted octanol–water partition coefficient (Wildman–Crippen LogP) is 3.11. The molecule has 2 aromatic rings. The molecule has 0 aliphatic carbocycles. The van der Waals surface area contributed by atoms with Gasteiger partial charge in [0.1, 0.15) is 5.75 Å². The van der Waals surface area contributed by atoms with Gasteiger partial charge in [-0.3, -0.25) is 9.59 Å². The molecule has 1 fully saturated rings. The van der Waals surface area contributed by atoms with Gasteiger partial charge in [0, 0.05) is 38.2 Å².